The molecule has 124 valence electrons. The molecule has 0 bridgehead atoms. The van der Waals surface area contributed by atoms with E-state index >= 15 is 0 Å². The fourth-order valence-electron chi connectivity index (χ4n) is 2.52. The lowest BCUT2D eigenvalue weighted by Gasteiger charge is -2.21. The molecule has 2 N–H and O–H groups in total. The first-order valence-electron chi connectivity index (χ1n) is 7.52. The number of aromatic nitrogens is 2. The number of amides is 4. The lowest BCUT2D eigenvalue weighted by molar-refractivity contribution is -0.131. The summed E-state index contributed by atoms with van der Waals surface area (Å²) in [6.07, 6.45) is 5.14. The van der Waals surface area contributed by atoms with Crippen LogP contribution in [-0.4, -0.2) is 45.4 Å². The third kappa shape index (κ3) is 3.60. The molecule has 4 amide bonds. The first kappa shape index (κ1) is 15.7. The van der Waals surface area contributed by atoms with Crippen molar-refractivity contribution in [1.82, 2.24) is 25.1 Å². The van der Waals surface area contributed by atoms with Crippen molar-refractivity contribution in [2.75, 3.05) is 13.1 Å². The van der Waals surface area contributed by atoms with Gasteiger partial charge in [-0.15, -0.1) is 0 Å². The molecule has 0 saturated carbocycles. The van der Waals surface area contributed by atoms with Gasteiger partial charge in [-0.25, -0.2) is 9.78 Å². The quantitative estimate of drug-likeness (QED) is 0.746. The van der Waals surface area contributed by atoms with E-state index in [2.05, 4.69) is 15.6 Å². The number of carbonyl (C=O) groups excluding carboxylic acids is 3. The summed E-state index contributed by atoms with van der Waals surface area (Å²) >= 11 is 0. The predicted octanol–water partition coefficient (Wildman–Crippen LogP) is 0.292. The molecule has 1 aromatic heterocycles. The van der Waals surface area contributed by atoms with Crippen LogP contribution >= 0.6 is 0 Å². The van der Waals surface area contributed by atoms with Gasteiger partial charge in [-0.2, -0.15) is 0 Å². The van der Waals surface area contributed by atoms with Gasteiger partial charge in [0.25, 0.3) is 5.91 Å². The lowest BCUT2D eigenvalue weighted by atomic mass is 10.1. The molecule has 0 unspecified atom stereocenters. The van der Waals surface area contributed by atoms with Crippen molar-refractivity contribution in [2.24, 2.45) is 0 Å². The van der Waals surface area contributed by atoms with Crippen LogP contribution < -0.4 is 10.6 Å². The van der Waals surface area contributed by atoms with Crippen LogP contribution in [0.3, 0.4) is 0 Å². The Morgan fingerprint density at radius 3 is 2.71 bits per heavy atom. The van der Waals surface area contributed by atoms with Crippen LogP contribution in [0.5, 0.6) is 0 Å². The second kappa shape index (κ2) is 6.95. The Labute approximate surface area is 138 Å². The van der Waals surface area contributed by atoms with Gasteiger partial charge in [0.15, 0.2) is 0 Å². The highest BCUT2D eigenvalue weighted by Crippen LogP contribution is 2.15. The minimum absolute atomic E-state index is 0.0662. The summed E-state index contributed by atoms with van der Waals surface area (Å²) in [6, 6.07) is 8.66. The van der Waals surface area contributed by atoms with E-state index in [0.29, 0.717) is 6.54 Å². The SMILES string of the molecule is O=C(CN1C(=O)CNC1=O)N[C@@H](Cn1ccnc1)c1ccccc1. The Hall–Kier alpha value is -3.16. The maximum Gasteiger partial charge on any atom is 0.325 e. The number of imidazole rings is 1. The molecule has 0 aliphatic carbocycles. The molecule has 1 aliphatic heterocycles. The normalized spacial score (nSPS) is 15.2. The summed E-state index contributed by atoms with van der Waals surface area (Å²) in [5.41, 5.74) is 0.928. The first-order chi connectivity index (χ1) is 11.6. The van der Waals surface area contributed by atoms with Crippen molar-refractivity contribution in [3.8, 4) is 0 Å². The summed E-state index contributed by atoms with van der Waals surface area (Å²) in [6.45, 7) is 0.136. The molecule has 8 heteroatoms. The van der Waals surface area contributed by atoms with Gasteiger partial charge in [0, 0.05) is 18.9 Å². The number of nitrogens with one attached hydrogen (secondary N) is 2. The summed E-state index contributed by atoms with van der Waals surface area (Å²) < 4.78 is 1.85. The van der Waals surface area contributed by atoms with Gasteiger partial charge in [-0.3, -0.25) is 14.5 Å². The second-order valence-electron chi connectivity index (χ2n) is 5.43. The minimum Gasteiger partial charge on any atom is -0.346 e. The topological polar surface area (TPSA) is 96.3 Å². The Kier molecular flexibility index (Phi) is 4.55. The predicted molar refractivity (Wildman–Crippen MR) is 84.7 cm³/mol. The molecule has 8 nitrogen and oxygen atoms in total. The van der Waals surface area contributed by atoms with E-state index in [-0.39, 0.29) is 19.1 Å². The van der Waals surface area contributed by atoms with Crippen molar-refractivity contribution in [3.63, 3.8) is 0 Å². The number of hydrogen-bond donors (Lipinski definition) is 2. The molecule has 1 fully saturated rings. The van der Waals surface area contributed by atoms with Crippen LogP contribution in [0, 0.1) is 0 Å². The fraction of sp³-hybridized carbons (Fsp3) is 0.250. The van der Waals surface area contributed by atoms with Gasteiger partial charge in [0.2, 0.25) is 5.91 Å². The van der Waals surface area contributed by atoms with Crippen LogP contribution in [0.4, 0.5) is 4.79 Å². The smallest absolute Gasteiger partial charge is 0.325 e. The molecular weight excluding hydrogens is 310 g/mol. The van der Waals surface area contributed by atoms with E-state index in [1.165, 1.54) is 0 Å². The average molecular weight is 327 g/mol. The van der Waals surface area contributed by atoms with Gasteiger partial charge in [0.05, 0.1) is 18.9 Å². The maximum atomic E-state index is 12.3. The second-order valence-corrected chi connectivity index (χ2v) is 5.43. The highest BCUT2D eigenvalue weighted by atomic mass is 16.2. The molecule has 1 saturated heterocycles. The zero-order chi connectivity index (χ0) is 16.9. The largest absolute Gasteiger partial charge is 0.346 e. The zero-order valence-corrected chi connectivity index (χ0v) is 12.9. The van der Waals surface area contributed by atoms with Crippen LogP contribution in [0.2, 0.25) is 0 Å². The van der Waals surface area contributed by atoms with Crippen LogP contribution in [0.1, 0.15) is 11.6 Å². The monoisotopic (exact) mass is 327 g/mol. The van der Waals surface area contributed by atoms with Crippen molar-refractivity contribution in [1.29, 1.82) is 0 Å². The molecule has 1 aromatic carbocycles. The third-order valence-electron chi connectivity index (χ3n) is 3.73. The van der Waals surface area contributed by atoms with Gasteiger partial charge < -0.3 is 15.2 Å². The maximum absolute atomic E-state index is 12.3. The molecule has 2 heterocycles. The highest BCUT2D eigenvalue weighted by molar-refractivity contribution is 6.04. The fourth-order valence-corrected chi connectivity index (χ4v) is 2.52. The number of nitrogens with zero attached hydrogens (tertiary/aromatic N) is 3. The first-order valence-corrected chi connectivity index (χ1v) is 7.52. The van der Waals surface area contributed by atoms with E-state index in [1.54, 1.807) is 18.7 Å². The summed E-state index contributed by atoms with van der Waals surface area (Å²) in [7, 11) is 0. The summed E-state index contributed by atoms with van der Waals surface area (Å²) in [5, 5.41) is 5.27. The molecule has 1 aliphatic rings. The van der Waals surface area contributed by atoms with E-state index in [1.807, 2.05) is 34.9 Å². The van der Waals surface area contributed by atoms with Crippen molar-refractivity contribution in [2.45, 2.75) is 12.6 Å². The Morgan fingerprint density at radius 1 is 1.29 bits per heavy atom. The third-order valence-corrected chi connectivity index (χ3v) is 3.73. The number of hydrogen-bond acceptors (Lipinski definition) is 4. The van der Waals surface area contributed by atoms with E-state index in [0.717, 1.165) is 10.5 Å². The number of carbonyl (C=O) groups is 3. The van der Waals surface area contributed by atoms with Crippen molar-refractivity contribution in [3.05, 3.63) is 54.6 Å². The average Bonchev–Trinajstić information content (AvgIpc) is 3.20. The van der Waals surface area contributed by atoms with Crippen LogP contribution in [0.25, 0.3) is 0 Å². The number of rotatable bonds is 6. The van der Waals surface area contributed by atoms with Gasteiger partial charge in [0.1, 0.15) is 6.54 Å². The van der Waals surface area contributed by atoms with Gasteiger partial charge >= 0.3 is 6.03 Å². The standard InChI is InChI=1S/C16H17N5O3/c22-14(10-21-15(23)8-18-16(21)24)19-13(9-20-7-6-17-11-20)12-4-2-1-3-5-12/h1-7,11,13H,8-10H2,(H,18,24)(H,19,22)/t13-/m0/s1. The number of urea groups is 1. The van der Waals surface area contributed by atoms with Crippen LogP contribution in [-0.2, 0) is 16.1 Å². The molecule has 24 heavy (non-hydrogen) atoms. The van der Waals surface area contributed by atoms with Crippen molar-refractivity contribution < 1.29 is 14.4 Å². The Bertz CT molecular complexity index is 713. The lowest BCUT2D eigenvalue weighted by Crippen LogP contribution is -2.42. The number of benzene rings is 1. The van der Waals surface area contributed by atoms with E-state index < -0.39 is 17.8 Å². The molecule has 0 radical (unpaired) electrons. The number of imide groups is 1. The van der Waals surface area contributed by atoms with E-state index in [9.17, 15) is 14.4 Å². The molecule has 1 atom stereocenters. The van der Waals surface area contributed by atoms with E-state index in [4.69, 9.17) is 0 Å². The molecule has 0 spiro atoms. The Balaban J connectivity index is 1.70. The highest BCUT2D eigenvalue weighted by Gasteiger charge is 2.30. The summed E-state index contributed by atoms with van der Waals surface area (Å²) in [4.78, 5) is 40.3. The minimum atomic E-state index is -0.541. The molecule has 2 aromatic rings. The van der Waals surface area contributed by atoms with Gasteiger partial charge in [-0.1, -0.05) is 30.3 Å². The summed E-state index contributed by atoms with van der Waals surface area (Å²) in [5.74, 6) is -0.796. The van der Waals surface area contributed by atoms with Crippen molar-refractivity contribution >= 4 is 17.8 Å². The Morgan fingerprint density at radius 2 is 2.08 bits per heavy atom. The van der Waals surface area contributed by atoms with Gasteiger partial charge in [-0.05, 0) is 5.56 Å². The van der Waals surface area contributed by atoms with Crippen LogP contribution in [0.15, 0.2) is 49.1 Å². The zero-order valence-electron chi connectivity index (χ0n) is 12.9. The molecular formula is C16H17N5O3. The molecule has 3 rings (SSSR count).